The van der Waals surface area contributed by atoms with Crippen molar-refractivity contribution < 1.29 is 19.1 Å². The molecule has 10 heterocycles. The van der Waals surface area contributed by atoms with E-state index in [1.54, 1.807) is 14.2 Å². The molecule has 2 saturated carbocycles. The molecule has 2 aliphatic carbocycles. The lowest BCUT2D eigenvalue weighted by atomic mass is 9.90. The fourth-order valence-corrected chi connectivity index (χ4v) is 12.7. The van der Waals surface area contributed by atoms with Crippen LogP contribution in [0.25, 0.3) is 67.2 Å². The highest BCUT2D eigenvalue weighted by Gasteiger charge is 2.46. The van der Waals surface area contributed by atoms with E-state index in [2.05, 4.69) is 59.2 Å². The van der Waals surface area contributed by atoms with E-state index >= 15 is 0 Å². The Bertz CT molecular complexity index is 3450. The molecule has 4 saturated heterocycles. The Balaban J connectivity index is 0.752. The second kappa shape index (κ2) is 15.9. The molecular weight excluding hydrogens is 881 g/mol. The molecule has 5 atom stereocenters. The molecule has 2 amide bonds. The van der Waals surface area contributed by atoms with E-state index in [9.17, 15) is 9.59 Å². The molecule has 8 aromatic rings. The number of ether oxygens (including phenoxy) is 2. The van der Waals surface area contributed by atoms with Gasteiger partial charge in [0.05, 0.1) is 36.6 Å². The number of rotatable bonds is 11. The van der Waals surface area contributed by atoms with Gasteiger partial charge in [-0.15, -0.1) is 0 Å². The number of amides is 2. The Morgan fingerprint density at radius 1 is 0.657 bits per heavy atom. The number of fused-ring (bicyclic) bond motifs is 6. The smallest absolute Gasteiger partial charge is 0.254 e. The van der Waals surface area contributed by atoms with Gasteiger partial charge in [0.25, 0.3) is 11.8 Å². The number of nitrogens with one attached hydrogen (secondary N) is 2. The number of hydrogen-bond donors (Lipinski definition) is 2. The lowest BCUT2D eigenvalue weighted by molar-refractivity contribution is 0.0774. The van der Waals surface area contributed by atoms with Crippen LogP contribution in [0.15, 0.2) is 66.9 Å². The zero-order valence-electron chi connectivity index (χ0n) is 40.2. The maximum absolute atomic E-state index is 14.6. The van der Waals surface area contributed by atoms with E-state index in [1.165, 1.54) is 25.7 Å². The molecule has 6 fully saturated rings. The fraction of sp³-hybridized carbons (Fsp3) is 0.444. The van der Waals surface area contributed by atoms with Gasteiger partial charge in [0, 0.05) is 118 Å². The molecule has 4 aliphatic heterocycles. The molecule has 16 nitrogen and oxygen atoms in total. The van der Waals surface area contributed by atoms with E-state index in [-0.39, 0.29) is 29.7 Å². The number of aromatic nitrogens is 8. The number of benzene rings is 2. The van der Waals surface area contributed by atoms with Gasteiger partial charge in [0.15, 0.2) is 11.6 Å². The minimum absolute atomic E-state index is 0.0213. The topological polar surface area (TPSA) is 154 Å². The summed E-state index contributed by atoms with van der Waals surface area (Å²) in [4.78, 5) is 53.2. The average molecular weight is 939 g/mol. The average Bonchev–Trinajstić information content (AvgIpc) is 3.75. The third-order valence-corrected chi connectivity index (χ3v) is 16.8. The number of methoxy groups -OCH3 is 2. The van der Waals surface area contributed by atoms with E-state index in [0.717, 1.165) is 119 Å². The summed E-state index contributed by atoms with van der Waals surface area (Å²) in [5, 5.41) is 9.51. The fourth-order valence-electron chi connectivity index (χ4n) is 12.7. The quantitative estimate of drug-likeness (QED) is 0.145. The Labute approximate surface area is 405 Å². The van der Waals surface area contributed by atoms with Crippen molar-refractivity contribution in [3.8, 4) is 34.5 Å². The van der Waals surface area contributed by atoms with Gasteiger partial charge in [-0.2, -0.15) is 0 Å². The lowest BCUT2D eigenvalue weighted by Crippen LogP contribution is -2.34. The molecule has 6 aliphatic rings. The highest BCUT2D eigenvalue weighted by molar-refractivity contribution is 6.01. The largest absolute Gasteiger partial charge is 0.494 e. The number of carbonyl (C=O) groups is 2. The number of hydrogen-bond acceptors (Lipinski definition) is 10. The molecule has 2 N–H and O–H groups in total. The molecule has 0 radical (unpaired) electrons. The third-order valence-electron chi connectivity index (χ3n) is 16.8. The molecule has 6 aromatic heterocycles. The van der Waals surface area contributed by atoms with Crippen LogP contribution in [0.5, 0.6) is 11.5 Å². The first-order valence-corrected chi connectivity index (χ1v) is 25.3. The van der Waals surface area contributed by atoms with Crippen molar-refractivity contribution in [3.63, 3.8) is 0 Å². The summed E-state index contributed by atoms with van der Waals surface area (Å²) in [7, 11) is 7.39. The molecule has 0 spiro atoms. The van der Waals surface area contributed by atoms with Crippen LogP contribution in [0.1, 0.15) is 64.4 Å². The summed E-state index contributed by atoms with van der Waals surface area (Å²) in [6.45, 7) is 6.35. The molecule has 1 unspecified atom stereocenters. The molecular formula is C54H58N12O4. The molecule has 70 heavy (non-hydrogen) atoms. The summed E-state index contributed by atoms with van der Waals surface area (Å²) in [6, 6.07) is 21.1. The van der Waals surface area contributed by atoms with Crippen molar-refractivity contribution in [1.82, 2.24) is 58.6 Å². The number of aryl methyl sites for hydroxylation is 2. The molecule has 14 rings (SSSR count). The van der Waals surface area contributed by atoms with Crippen molar-refractivity contribution in [1.29, 1.82) is 0 Å². The van der Waals surface area contributed by atoms with E-state index < -0.39 is 0 Å². The number of likely N-dealkylation sites (tertiary alicyclic amines) is 2. The Morgan fingerprint density at radius 3 is 1.87 bits per heavy atom. The molecule has 16 heteroatoms. The third kappa shape index (κ3) is 6.69. The standard InChI is InChI=1S/C54H58N12O4/c1-61-47-40(59-51(61)43-18-31-6-5-14-56-49(31)65(43)23-29-7-8-29)17-35(21-46(47)70-4)54(68)64-26-37-36(22-57-42(37)28-64)38-12-11-32-19-44(66(50(32)58-38)24-30-9-10-30)52-60-39-16-34(20-45(69-3)48(39)62(52)2)53(67)63-25-33-13-15-55-41(33)27-63/h5-6,11-12,14,16-21,29-30,33,36-37,41-42,55,57H,7-10,13,15,22-28H2,1-4H3/t33-,36?,37-,41+,42-/m1/s1. The zero-order chi connectivity index (χ0) is 47.1. The summed E-state index contributed by atoms with van der Waals surface area (Å²) >= 11 is 0. The van der Waals surface area contributed by atoms with Gasteiger partial charge in [-0.05, 0) is 117 Å². The molecule has 358 valence electrons. The maximum Gasteiger partial charge on any atom is 0.254 e. The Morgan fingerprint density at radius 2 is 1.26 bits per heavy atom. The number of imidazole rings is 2. The van der Waals surface area contributed by atoms with Gasteiger partial charge < -0.3 is 48.2 Å². The van der Waals surface area contributed by atoms with Crippen molar-refractivity contribution >= 4 is 55.9 Å². The van der Waals surface area contributed by atoms with Crippen LogP contribution in [-0.4, -0.2) is 125 Å². The normalized spacial score (nSPS) is 23.2. The highest BCUT2D eigenvalue weighted by atomic mass is 16.5. The van der Waals surface area contributed by atoms with Crippen LogP contribution >= 0.6 is 0 Å². The van der Waals surface area contributed by atoms with Crippen LogP contribution in [0.4, 0.5) is 0 Å². The van der Waals surface area contributed by atoms with Crippen molar-refractivity contribution in [2.24, 2.45) is 37.8 Å². The minimum atomic E-state index is -0.0213. The van der Waals surface area contributed by atoms with E-state index in [4.69, 9.17) is 29.4 Å². The maximum atomic E-state index is 14.6. The number of nitrogens with zero attached hydrogens (tertiary/aromatic N) is 10. The van der Waals surface area contributed by atoms with Gasteiger partial charge in [0.2, 0.25) is 0 Å². The van der Waals surface area contributed by atoms with Gasteiger partial charge in [0.1, 0.15) is 33.8 Å². The van der Waals surface area contributed by atoms with E-state index in [1.807, 2.05) is 60.4 Å². The van der Waals surface area contributed by atoms with Gasteiger partial charge >= 0.3 is 0 Å². The Hall–Kier alpha value is -6.78. The van der Waals surface area contributed by atoms with Crippen molar-refractivity contribution in [3.05, 3.63) is 83.7 Å². The summed E-state index contributed by atoms with van der Waals surface area (Å²) in [5.74, 6) is 5.00. The van der Waals surface area contributed by atoms with Gasteiger partial charge in [-0.1, -0.05) is 0 Å². The van der Waals surface area contributed by atoms with E-state index in [0.29, 0.717) is 59.5 Å². The molecule has 2 aromatic carbocycles. The SMILES string of the molecule is COc1cc(C(=O)N2C[C@@H]3C(c4ccc5cc(-c6nc7cc(C(=O)N8C[C@H]9CCN[C@H]9C8)cc(OC)c7n6C)n(CC6CC6)c5n4)CN[C@@H]3C2)cc2nc(-c3cc4cccnc4n3CC3CC3)n(C)c12. The first-order chi connectivity index (χ1) is 34.2. The first-order valence-electron chi connectivity index (χ1n) is 25.3. The van der Waals surface area contributed by atoms with Gasteiger partial charge in [-0.25, -0.2) is 19.9 Å². The van der Waals surface area contributed by atoms with Gasteiger partial charge in [-0.3, -0.25) is 9.59 Å². The second-order valence-corrected chi connectivity index (χ2v) is 21.1. The van der Waals surface area contributed by atoms with Crippen LogP contribution in [-0.2, 0) is 27.2 Å². The minimum Gasteiger partial charge on any atom is -0.494 e. The summed E-state index contributed by atoms with van der Waals surface area (Å²) in [6.07, 6.45) is 7.82. The predicted octanol–water partition coefficient (Wildman–Crippen LogP) is 6.59. The van der Waals surface area contributed by atoms with Crippen LogP contribution in [0, 0.1) is 23.7 Å². The zero-order valence-corrected chi connectivity index (χ0v) is 40.2. The summed E-state index contributed by atoms with van der Waals surface area (Å²) < 4.78 is 20.8. The molecule has 0 bridgehead atoms. The summed E-state index contributed by atoms with van der Waals surface area (Å²) in [5.41, 5.74) is 9.36. The lowest BCUT2D eigenvalue weighted by Gasteiger charge is -2.21. The number of pyridine rings is 2. The Kier molecular flexibility index (Phi) is 9.55. The van der Waals surface area contributed by atoms with Crippen molar-refractivity contribution in [2.75, 3.05) is 53.5 Å². The van der Waals surface area contributed by atoms with Crippen LogP contribution in [0.3, 0.4) is 0 Å². The van der Waals surface area contributed by atoms with Crippen molar-refractivity contribution in [2.45, 2.75) is 63.2 Å². The number of carbonyl (C=O) groups excluding carboxylic acids is 2. The highest BCUT2D eigenvalue weighted by Crippen LogP contribution is 2.42. The van der Waals surface area contributed by atoms with Crippen LogP contribution < -0.4 is 20.1 Å². The monoisotopic (exact) mass is 938 g/mol. The van der Waals surface area contributed by atoms with Crippen LogP contribution in [0.2, 0.25) is 0 Å². The predicted molar refractivity (Wildman–Crippen MR) is 267 cm³/mol. The first kappa shape index (κ1) is 42.1. The second-order valence-electron chi connectivity index (χ2n) is 21.1.